The molecule has 0 fully saturated rings. The van der Waals surface area contributed by atoms with Gasteiger partial charge in [-0.3, -0.25) is 0 Å². The molecule has 0 saturated heterocycles. The van der Waals surface area contributed by atoms with Crippen molar-refractivity contribution in [2.75, 3.05) is 0 Å². The van der Waals surface area contributed by atoms with Crippen LogP contribution in [0.2, 0.25) is 0 Å². The van der Waals surface area contributed by atoms with E-state index in [2.05, 4.69) is 4.98 Å². The second kappa shape index (κ2) is 8.35. The summed E-state index contributed by atoms with van der Waals surface area (Å²) >= 11 is 0. The molecule has 5 heteroatoms. The molecule has 0 spiro atoms. The lowest BCUT2D eigenvalue weighted by Gasteiger charge is -2.10. The molecule has 0 saturated carbocycles. The Bertz CT molecular complexity index is 1050. The summed E-state index contributed by atoms with van der Waals surface area (Å²) in [5.74, 6) is 0.0940. The molecule has 5 nitrogen and oxygen atoms in total. The van der Waals surface area contributed by atoms with Gasteiger partial charge in [-0.25, -0.2) is 9.78 Å². The van der Waals surface area contributed by atoms with Gasteiger partial charge < -0.3 is 9.84 Å². The molecular weight excluding hydrogens is 364 g/mol. The van der Waals surface area contributed by atoms with Crippen molar-refractivity contribution in [2.24, 2.45) is 0 Å². The second-order valence-electron chi connectivity index (χ2n) is 6.44. The Morgan fingerprint density at radius 2 is 1.41 bits per heavy atom. The van der Waals surface area contributed by atoms with Crippen molar-refractivity contribution in [3.05, 3.63) is 102 Å². The molecule has 0 bridgehead atoms. The number of carboxylic acids is 1. The van der Waals surface area contributed by atoms with Crippen LogP contribution in [-0.2, 0) is 6.61 Å². The van der Waals surface area contributed by atoms with E-state index in [4.69, 9.17) is 14.8 Å². The summed E-state index contributed by atoms with van der Waals surface area (Å²) in [6, 6.07) is 28.0. The minimum atomic E-state index is -0.951. The zero-order valence-electron chi connectivity index (χ0n) is 15.5. The van der Waals surface area contributed by atoms with E-state index in [1.807, 2.05) is 66.7 Å². The van der Waals surface area contributed by atoms with Crippen LogP contribution in [0.1, 0.15) is 15.9 Å². The number of ether oxygens (including phenoxy) is 1. The molecule has 3 aromatic carbocycles. The standard InChI is InChI=1S/C24H18N2O3/c27-24(28)20-13-11-17(12-14-20)16-29-22-15-21(18-7-3-1-4-8-18)25-23(26-22)19-9-5-2-6-10-19/h1-15H,16H2,(H,27,28). The largest absolute Gasteiger partial charge is 0.478 e. The van der Waals surface area contributed by atoms with Crippen molar-refractivity contribution in [1.29, 1.82) is 0 Å². The van der Waals surface area contributed by atoms with Crippen LogP contribution in [0.15, 0.2) is 91.0 Å². The first-order chi connectivity index (χ1) is 14.2. The maximum atomic E-state index is 11.0. The Balaban J connectivity index is 1.64. The van der Waals surface area contributed by atoms with Crippen LogP contribution in [0.3, 0.4) is 0 Å². The van der Waals surface area contributed by atoms with Crippen LogP contribution in [0, 0.1) is 0 Å². The van der Waals surface area contributed by atoms with E-state index in [1.54, 1.807) is 24.3 Å². The number of hydrogen-bond donors (Lipinski definition) is 1. The molecular formula is C24H18N2O3. The predicted octanol–water partition coefficient (Wildman–Crippen LogP) is 5.09. The molecule has 1 heterocycles. The Morgan fingerprint density at radius 1 is 0.793 bits per heavy atom. The number of carbonyl (C=O) groups is 1. The first-order valence-corrected chi connectivity index (χ1v) is 9.14. The number of carboxylic acid groups (broad SMARTS) is 1. The van der Waals surface area contributed by atoms with E-state index in [0.717, 1.165) is 22.4 Å². The fraction of sp³-hybridized carbons (Fsp3) is 0.0417. The SMILES string of the molecule is O=C(O)c1ccc(COc2cc(-c3ccccc3)nc(-c3ccccc3)n2)cc1. The van der Waals surface area contributed by atoms with Crippen LogP contribution < -0.4 is 4.74 Å². The average molecular weight is 382 g/mol. The molecule has 0 radical (unpaired) electrons. The lowest BCUT2D eigenvalue weighted by Crippen LogP contribution is -2.02. The van der Waals surface area contributed by atoms with Crippen LogP contribution >= 0.6 is 0 Å². The van der Waals surface area contributed by atoms with Crippen molar-refractivity contribution >= 4 is 5.97 Å². The van der Waals surface area contributed by atoms with E-state index in [-0.39, 0.29) is 12.2 Å². The highest BCUT2D eigenvalue weighted by Crippen LogP contribution is 2.25. The van der Waals surface area contributed by atoms with Crippen LogP contribution in [0.5, 0.6) is 5.88 Å². The third kappa shape index (κ3) is 4.47. The highest BCUT2D eigenvalue weighted by atomic mass is 16.5. The van der Waals surface area contributed by atoms with Gasteiger partial charge in [0, 0.05) is 17.2 Å². The molecule has 4 aromatic rings. The topological polar surface area (TPSA) is 72.3 Å². The predicted molar refractivity (Wildman–Crippen MR) is 111 cm³/mol. The lowest BCUT2D eigenvalue weighted by atomic mass is 10.1. The molecule has 0 amide bonds. The van der Waals surface area contributed by atoms with E-state index in [0.29, 0.717) is 11.7 Å². The van der Waals surface area contributed by atoms with Crippen molar-refractivity contribution in [3.63, 3.8) is 0 Å². The van der Waals surface area contributed by atoms with E-state index < -0.39 is 5.97 Å². The maximum Gasteiger partial charge on any atom is 0.335 e. The number of benzene rings is 3. The molecule has 0 aliphatic rings. The maximum absolute atomic E-state index is 11.0. The minimum Gasteiger partial charge on any atom is -0.478 e. The van der Waals surface area contributed by atoms with Gasteiger partial charge in [0.15, 0.2) is 5.82 Å². The Morgan fingerprint density at radius 3 is 2.03 bits per heavy atom. The van der Waals surface area contributed by atoms with Crippen LogP contribution in [0.4, 0.5) is 0 Å². The van der Waals surface area contributed by atoms with Gasteiger partial charge in [0.2, 0.25) is 5.88 Å². The summed E-state index contributed by atoms with van der Waals surface area (Å²) in [7, 11) is 0. The lowest BCUT2D eigenvalue weighted by molar-refractivity contribution is 0.0697. The molecule has 1 aromatic heterocycles. The third-order valence-corrected chi connectivity index (χ3v) is 4.39. The van der Waals surface area contributed by atoms with Crippen LogP contribution in [-0.4, -0.2) is 21.0 Å². The number of nitrogens with zero attached hydrogens (tertiary/aromatic N) is 2. The van der Waals surface area contributed by atoms with E-state index in [9.17, 15) is 4.79 Å². The first kappa shape index (κ1) is 18.4. The average Bonchev–Trinajstić information content (AvgIpc) is 2.79. The van der Waals surface area contributed by atoms with Gasteiger partial charge >= 0.3 is 5.97 Å². The number of aromatic nitrogens is 2. The number of rotatable bonds is 6. The van der Waals surface area contributed by atoms with Crippen molar-refractivity contribution in [3.8, 4) is 28.5 Å². The summed E-state index contributed by atoms with van der Waals surface area (Å²) in [4.78, 5) is 20.3. The van der Waals surface area contributed by atoms with Crippen molar-refractivity contribution in [1.82, 2.24) is 9.97 Å². The van der Waals surface area contributed by atoms with E-state index >= 15 is 0 Å². The first-order valence-electron chi connectivity index (χ1n) is 9.14. The third-order valence-electron chi connectivity index (χ3n) is 4.39. The Kier molecular flexibility index (Phi) is 5.29. The van der Waals surface area contributed by atoms with Gasteiger partial charge in [-0.15, -0.1) is 0 Å². The molecule has 0 aliphatic heterocycles. The van der Waals surface area contributed by atoms with Gasteiger partial charge in [0.1, 0.15) is 6.61 Å². The molecule has 29 heavy (non-hydrogen) atoms. The zero-order chi connectivity index (χ0) is 20.1. The van der Waals surface area contributed by atoms with Gasteiger partial charge in [-0.2, -0.15) is 4.98 Å². The molecule has 4 rings (SSSR count). The minimum absolute atomic E-state index is 0.244. The number of aromatic carboxylic acids is 1. The Hall–Kier alpha value is -3.99. The Labute approximate surface area is 168 Å². The van der Waals surface area contributed by atoms with Gasteiger partial charge in [-0.05, 0) is 17.7 Å². The molecule has 142 valence electrons. The van der Waals surface area contributed by atoms with Gasteiger partial charge in [-0.1, -0.05) is 72.8 Å². The molecule has 0 aliphatic carbocycles. The van der Waals surface area contributed by atoms with Crippen molar-refractivity contribution in [2.45, 2.75) is 6.61 Å². The smallest absolute Gasteiger partial charge is 0.335 e. The zero-order valence-corrected chi connectivity index (χ0v) is 15.5. The summed E-state index contributed by atoms with van der Waals surface area (Å²) in [6.07, 6.45) is 0. The summed E-state index contributed by atoms with van der Waals surface area (Å²) in [5.41, 5.74) is 3.75. The monoisotopic (exact) mass is 382 g/mol. The highest BCUT2D eigenvalue weighted by molar-refractivity contribution is 5.87. The fourth-order valence-corrected chi connectivity index (χ4v) is 2.87. The highest BCUT2D eigenvalue weighted by Gasteiger charge is 2.10. The van der Waals surface area contributed by atoms with Gasteiger partial charge in [0.25, 0.3) is 0 Å². The molecule has 0 atom stereocenters. The quantitative estimate of drug-likeness (QED) is 0.503. The second-order valence-corrected chi connectivity index (χ2v) is 6.44. The van der Waals surface area contributed by atoms with Crippen LogP contribution in [0.25, 0.3) is 22.6 Å². The summed E-state index contributed by atoms with van der Waals surface area (Å²) in [5, 5.41) is 9.01. The summed E-state index contributed by atoms with van der Waals surface area (Å²) < 4.78 is 5.92. The van der Waals surface area contributed by atoms with Crippen molar-refractivity contribution < 1.29 is 14.6 Å². The summed E-state index contributed by atoms with van der Waals surface area (Å²) in [6.45, 7) is 0.277. The van der Waals surface area contributed by atoms with E-state index in [1.165, 1.54) is 0 Å². The fourth-order valence-electron chi connectivity index (χ4n) is 2.87. The molecule has 0 unspecified atom stereocenters. The normalized spacial score (nSPS) is 10.5. The van der Waals surface area contributed by atoms with Gasteiger partial charge in [0.05, 0.1) is 11.3 Å². The molecule has 1 N–H and O–H groups in total. The number of hydrogen-bond acceptors (Lipinski definition) is 4.